The molecule has 0 radical (unpaired) electrons. The van der Waals surface area contributed by atoms with Crippen LogP contribution in [0.3, 0.4) is 0 Å². The quantitative estimate of drug-likeness (QED) is 0.553. The van der Waals surface area contributed by atoms with Crippen molar-refractivity contribution in [2.24, 2.45) is 5.41 Å². The molecule has 0 amide bonds. The third-order valence-electron chi connectivity index (χ3n) is 2.65. The Balaban J connectivity index is 2.56. The van der Waals surface area contributed by atoms with Crippen LogP contribution in [-0.2, 0) is 0 Å². The minimum atomic E-state index is 0.195. The van der Waals surface area contributed by atoms with E-state index in [9.17, 15) is 4.79 Å². The molecule has 1 aromatic carbocycles. The predicted octanol–water partition coefficient (Wildman–Crippen LogP) is 4.26. The van der Waals surface area contributed by atoms with E-state index in [1.807, 2.05) is 24.3 Å². The summed E-state index contributed by atoms with van der Waals surface area (Å²) in [6.07, 6.45) is 3.19. The second-order valence-corrected chi connectivity index (χ2v) is 5.61. The zero-order valence-corrected chi connectivity index (χ0v) is 11.5. The molecule has 0 saturated heterocycles. The molecule has 98 valence electrons. The van der Waals surface area contributed by atoms with Gasteiger partial charge in [0.2, 0.25) is 0 Å². The molecular formula is C16H22O2. The van der Waals surface area contributed by atoms with Crippen molar-refractivity contribution in [3.8, 4) is 5.75 Å². The summed E-state index contributed by atoms with van der Waals surface area (Å²) >= 11 is 0. The molecule has 0 fully saturated rings. The maximum Gasteiger partial charge on any atom is 0.162 e. The fourth-order valence-electron chi connectivity index (χ4n) is 1.53. The molecule has 0 heterocycles. The van der Waals surface area contributed by atoms with Crippen LogP contribution in [-0.4, -0.2) is 12.4 Å². The van der Waals surface area contributed by atoms with Gasteiger partial charge in [0.1, 0.15) is 12.4 Å². The van der Waals surface area contributed by atoms with Crippen LogP contribution in [0.2, 0.25) is 0 Å². The Labute approximate surface area is 110 Å². The van der Waals surface area contributed by atoms with Crippen molar-refractivity contribution >= 4 is 5.78 Å². The zero-order chi connectivity index (χ0) is 13.6. The minimum Gasteiger partial charge on any atom is -0.490 e. The first-order valence-corrected chi connectivity index (χ1v) is 6.29. The third-order valence-corrected chi connectivity index (χ3v) is 2.65. The van der Waals surface area contributed by atoms with Gasteiger partial charge in [-0.1, -0.05) is 33.4 Å². The molecule has 2 nitrogen and oxygen atoms in total. The first-order valence-electron chi connectivity index (χ1n) is 6.29. The molecule has 1 rings (SSSR count). The fourth-order valence-corrected chi connectivity index (χ4v) is 1.53. The number of hydrogen-bond acceptors (Lipinski definition) is 2. The average molecular weight is 246 g/mol. The minimum absolute atomic E-state index is 0.195. The van der Waals surface area contributed by atoms with E-state index in [2.05, 4.69) is 27.4 Å². The summed E-state index contributed by atoms with van der Waals surface area (Å²) in [5, 5.41) is 0. The molecule has 0 bridgehead atoms. The Kier molecular flexibility index (Phi) is 5.14. The van der Waals surface area contributed by atoms with Gasteiger partial charge >= 0.3 is 0 Å². The number of ether oxygens (including phenoxy) is 1. The molecule has 0 atom stereocenters. The Morgan fingerprint density at radius 2 is 1.89 bits per heavy atom. The Bertz CT molecular complexity index is 396. The van der Waals surface area contributed by atoms with E-state index in [4.69, 9.17) is 4.74 Å². The van der Waals surface area contributed by atoms with Gasteiger partial charge in [-0.3, -0.25) is 4.79 Å². The van der Waals surface area contributed by atoms with E-state index < -0.39 is 0 Å². The Morgan fingerprint density at radius 1 is 1.28 bits per heavy atom. The lowest BCUT2D eigenvalue weighted by atomic mass is 9.88. The summed E-state index contributed by atoms with van der Waals surface area (Å²) in [7, 11) is 0. The van der Waals surface area contributed by atoms with Crippen LogP contribution < -0.4 is 4.74 Å². The smallest absolute Gasteiger partial charge is 0.162 e. The van der Waals surface area contributed by atoms with E-state index in [1.165, 1.54) is 0 Å². The van der Waals surface area contributed by atoms with Crippen molar-refractivity contribution in [1.82, 2.24) is 0 Å². The van der Waals surface area contributed by atoms with Crippen molar-refractivity contribution in [3.05, 3.63) is 42.5 Å². The standard InChI is InChI=1S/C16H22O2/c1-5-12-18-14-8-6-13(7-9-14)15(17)10-11-16(2,3)4/h5-9H,1,10-12H2,2-4H3. The summed E-state index contributed by atoms with van der Waals surface area (Å²) in [5.74, 6) is 0.961. The zero-order valence-electron chi connectivity index (χ0n) is 11.5. The van der Waals surface area contributed by atoms with Gasteiger partial charge in [-0.05, 0) is 36.1 Å². The highest BCUT2D eigenvalue weighted by Gasteiger charge is 2.14. The van der Waals surface area contributed by atoms with Gasteiger partial charge in [-0.15, -0.1) is 0 Å². The molecule has 0 aliphatic heterocycles. The maximum absolute atomic E-state index is 12.0. The summed E-state index contributed by atoms with van der Waals surface area (Å²) in [4.78, 5) is 12.0. The average Bonchev–Trinajstić information content (AvgIpc) is 2.33. The second-order valence-electron chi connectivity index (χ2n) is 5.61. The molecule has 0 aromatic heterocycles. The highest BCUT2D eigenvalue weighted by Crippen LogP contribution is 2.22. The lowest BCUT2D eigenvalue weighted by Crippen LogP contribution is -2.09. The predicted molar refractivity (Wildman–Crippen MR) is 75.2 cm³/mol. The van der Waals surface area contributed by atoms with E-state index in [-0.39, 0.29) is 11.2 Å². The lowest BCUT2D eigenvalue weighted by molar-refractivity contribution is 0.0966. The van der Waals surface area contributed by atoms with Gasteiger partial charge < -0.3 is 4.74 Å². The summed E-state index contributed by atoms with van der Waals surface area (Å²) in [6, 6.07) is 7.30. The van der Waals surface area contributed by atoms with Gasteiger partial charge in [0.25, 0.3) is 0 Å². The normalized spacial score (nSPS) is 11.1. The monoisotopic (exact) mass is 246 g/mol. The topological polar surface area (TPSA) is 26.3 Å². The number of ketones is 1. The molecule has 18 heavy (non-hydrogen) atoms. The van der Waals surface area contributed by atoms with Gasteiger partial charge in [0.05, 0.1) is 0 Å². The molecule has 0 N–H and O–H groups in total. The number of rotatable bonds is 6. The van der Waals surface area contributed by atoms with Crippen molar-refractivity contribution in [2.75, 3.05) is 6.61 Å². The van der Waals surface area contributed by atoms with Crippen molar-refractivity contribution < 1.29 is 9.53 Å². The molecule has 0 unspecified atom stereocenters. The van der Waals surface area contributed by atoms with E-state index in [1.54, 1.807) is 6.08 Å². The highest BCUT2D eigenvalue weighted by atomic mass is 16.5. The largest absolute Gasteiger partial charge is 0.490 e. The first-order chi connectivity index (χ1) is 8.42. The van der Waals surface area contributed by atoms with Crippen LogP contribution >= 0.6 is 0 Å². The molecule has 0 saturated carbocycles. The summed E-state index contributed by atoms with van der Waals surface area (Å²) in [5.41, 5.74) is 0.952. The van der Waals surface area contributed by atoms with E-state index in [0.29, 0.717) is 13.0 Å². The first kappa shape index (κ1) is 14.5. The molecule has 2 heteroatoms. The van der Waals surface area contributed by atoms with Gasteiger partial charge in [-0.2, -0.15) is 0 Å². The van der Waals surface area contributed by atoms with Crippen LogP contribution in [0, 0.1) is 5.41 Å². The maximum atomic E-state index is 12.0. The van der Waals surface area contributed by atoms with Crippen LogP contribution in [0.25, 0.3) is 0 Å². The lowest BCUT2D eigenvalue weighted by Gasteiger charge is -2.17. The van der Waals surface area contributed by atoms with Crippen LogP contribution in [0.5, 0.6) is 5.75 Å². The van der Waals surface area contributed by atoms with Gasteiger partial charge in [-0.25, -0.2) is 0 Å². The van der Waals surface area contributed by atoms with E-state index >= 15 is 0 Å². The molecule has 0 aliphatic rings. The molecule has 1 aromatic rings. The van der Waals surface area contributed by atoms with Crippen molar-refractivity contribution in [1.29, 1.82) is 0 Å². The second kappa shape index (κ2) is 6.39. The number of hydrogen-bond donors (Lipinski definition) is 0. The molecule has 0 spiro atoms. The summed E-state index contributed by atoms with van der Waals surface area (Å²) < 4.78 is 5.37. The van der Waals surface area contributed by atoms with Gasteiger partial charge in [0, 0.05) is 12.0 Å². The number of benzene rings is 1. The van der Waals surface area contributed by atoms with Crippen molar-refractivity contribution in [3.63, 3.8) is 0 Å². The highest BCUT2D eigenvalue weighted by molar-refractivity contribution is 5.96. The SMILES string of the molecule is C=CCOc1ccc(C(=O)CCC(C)(C)C)cc1. The van der Waals surface area contributed by atoms with Crippen molar-refractivity contribution in [2.45, 2.75) is 33.6 Å². The fraction of sp³-hybridized carbons (Fsp3) is 0.438. The van der Waals surface area contributed by atoms with Crippen LogP contribution in [0.15, 0.2) is 36.9 Å². The Hall–Kier alpha value is -1.57. The number of Topliss-reactive ketones (excluding diaryl/α,β-unsaturated/α-hetero) is 1. The molecule has 0 aliphatic carbocycles. The van der Waals surface area contributed by atoms with E-state index in [0.717, 1.165) is 17.7 Å². The van der Waals surface area contributed by atoms with Crippen LogP contribution in [0.1, 0.15) is 44.0 Å². The summed E-state index contributed by atoms with van der Waals surface area (Å²) in [6.45, 7) is 10.5. The Morgan fingerprint density at radius 3 is 2.39 bits per heavy atom. The number of carbonyl (C=O) groups is 1. The van der Waals surface area contributed by atoms with Crippen LogP contribution in [0.4, 0.5) is 0 Å². The van der Waals surface area contributed by atoms with Gasteiger partial charge in [0.15, 0.2) is 5.78 Å². The third kappa shape index (κ3) is 5.17. The molecular weight excluding hydrogens is 224 g/mol. The number of carbonyl (C=O) groups excluding carboxylic acids is 1.